The first-order chi connectivity index (χ1) is 11.0. The summed E-state index contributed by atoms with van der Waals surface area (Å²) in [5.74, 6) is -0.502. The van der Waals surface area contributed by atoms with Crippen molar-refractivity contribution >= 4 is 0 Å². The van der Waals surface area contributed by atoms with E-state index in [0.29, 0.717) is 19.6 Å². The van der Waals surface area contributed by atoms with Crippen LogP contribution in [-0.4, -0.2) is 29.0 Å². The van der Waals surface area contributed by atoms with Crippen LogP contribution in [0.4, 0.5) is 4.39 Å². The predicted molar refractivity (Wildman–Crippen MR) is 86.4 cm³/mol. The van der Waals surface area contributed by atoms with E-state index in [4.69, 9.17) is 0 Å². The summed E-state index contributed by atoms with van der Waals surface area (Å²) >= 11 is 0. The molecule has 2 aromatic carbocycles. The molecule has 0 N–H and O–H groups in total. The highest BCUT2D eigenvalue weighted by atomic mass is 19.1. The monoisotopic (exact) mass is 314 g/mol. The number of nitrogens with zero attached hydrogens (tertiary/aromatic N) is 2. The van der Waals surface area contributed by atoms with Gasteiger partial charge in [0, 0.05) is 18.0 Å². The van der Waals surface area contributed by atoms with Gasteiger partial charge in [-0.25, -0.2) is 4.39 Å². The standard InChI is InChI=1S/C18H19FN2O2/c1-13-9-15(19)7-8-16(13)17-11-20(12-18(17)21(22)23)10-14-5-3-2-4-6-14/h2-9,17-18H,10-12H2,1H3/t17-,18+/m0/s1. The minimum atomic E-state index is -0.650. The first-order valence-corrected chi connectivity index (χ1v) is 7.70. The molecular weight excluding hydrogens is 295 g/mol. The van der Waals surface area contributed by atoms with E-state index in [1.165, 1.54) is 12.1 Å². The Balaban J connectivity index is 1.83. The van der Waals surface area contributed by atoms with Gasteiger partial charge in [0.15, 0.2) is 0 Å². The van der Waals surface area contributed by atoms with E-state index in [9.17, 15) is 14.5 Å². The lowest BCUT2D eigenvalue weighted by molar-refractivity contribution is -0.521. The molecule has 1 fully saturated rings. The van der Waals surface area contributed by atoms with Crippen molar-refractivity contribution in [3.8, 4) is 0 Å². The average molecular weight is 314 g/mol. The molecule has 0 amide bonds. The van der Waals surface area contributed by atoms with Crippen LogP contribution in [0.15, 0.2) is 48.5 Å². The van der Waals surface area contributed by atoms with Crippen LogP contribution in [-0.2, 0) is 6.54 Å². The summed E-state index contributed by atoms with van der Waals surface area (Å²) in [6, 6.07) is 13.8. The molecule has 2 aromatic rings. The second-order valence-electron chi connectivity index (χ2n) is 6.14. The van der Waals surface area contributed by atoms with Crippen molar-refractivity contribution in [3.05, 3.63) is 81.2 Å². The summed E-state index contributed by atoms with van der Waals surface area (Å²) < 4.78 is 13.3. The number of hydrogen-bond acceptors (Lipinski definition) is 3. The average Bonchev–Trinajstić information content (AvgIpc) is 2.92. The van der Waals surface area contributed by atoms with Crippen molar-refractivity contribution in [3.63, 3.8) is 0 Å². The van der Waals surface area contributed by atoms with Crippen LogP contribution < -0.4 is 0 Å². The van der Waals surface area contributed by atoms with Gasteiger partial charge in [-0.15, -0.1) is 0 Å². The lowest BCUT2D eigenvalue weighted by Crippen LogP contribution is -2.28. The number of likely N-dealkylation sites (tertiary alicyclic amines) is 1. The molecule has 1 saturated heterocycles. The predicted octanol–water partition coefficient (Wildman–Crippen LogP) is 3.38. The fraction of sp³-hybridized carbons (Fsp3) is 0.333. The van der Waals surface area contributed by atoms with Gasteiger partial charge in [-0.1, -0.05) is 36.4 Å². The lowest BCUT2D eigenvalue weighted by atomic mass is 9.91. The molecule has 4 nitrogen and oxygen atoms in total. The molecule has 120 valence electrons. The smallest absolute Gasteiger partial charge is 0.233 e. The largest absolute Gasteiger partial charge is 0.292 e. The maximum Gasteiger partial charge on any atom is 0.233 e. The molecule has 0 aromatic heterocycles. The molecule has 5 heteroatoms. The van der Waals surface area contributed by atoms with Crippen molar-refractivity contribution in [1.29, 1.82) is 0 Å². The van der Waals surface area contributed by atoms with Gasteiger partial charge in [-0.05, 0) is 35.7 Å². The topological polar surface area (TPSA) is 46.4 Å². The number of halogens is 1. The molecule has 1 heterocycles. The first-order valence-electron chi connectivity index (χ1n) is 7.70. The molecule has 1 aliphatic heterocycles. The number of nitro groups is 1. The lowest BCUT2D eigenvalue weighted by Gasteiger charge is -2.16. The number of rotatable bonds is 4. The van der Waals surface area contributed by atoms with Gasteiger partial charge in [0.2, 0.25) is 6.04 Å². The normalized spacial score (nSPS) is 21.5. The summed E-state index contributed by atoms with van der Waals surface area (Å²) in [5.41, 5.74) is 2.80. The summed E-state index contributed by atoms with van der Waals surface area (Å²) in [4.78, 5) is 13.4. The molecule has 2 atom stereocenters. The van der Waals surface area contributed by atoms with Crippen LogP contribution >= 0.6 is 0 Å². The molecule has 23 heavy (non-hydrogen) atoms. The highest BCUT2D eigenvalue weighted by molar-refractivity contribution is 5.32. The van der Waals surface area contributed by atoms with Crippen LogP contribution in [0.1, 0.15) is 22.6 Å². The maximum absolute atomic E-state index is 13.3. The summed E-state index contributed by atoms with van der Waals surface area (Å²) in [5, 5.41) is 11.5. The fourth-order valence-corrected chi connectivity index (χ4v) is 3.41. The number of aryl methyl sites for hydroxylation is 1. The highest BCUT2D eigenvalue weighted by Crippen LogP contribution is 2.32. The summed E-state index contributed by atoms with van der Waals surface area (Å²) in [6.07, 6.45) is 0. The van der Waals surface area contributed by atoms with Crippen LogP contribution in [0.2, 0.25) is 0 Å². The van der Waals surface area contributed by atoms with Gasteiger partial charge in [0.1, 0.15) is 5.82 Å². The van der Waals surface area contributed by atoms with Crippen LogP contribution in [0.5, 0.6) is 0 Å². The maximum atomic E-state index is 13.3. The van der Waals surface area contributed by atoms with E-state index in [1.54, 1.807) is 6.07 Å². The second kappa shape index (κ2) is 6.46. The zero-order valence-electron chi connectivity index (χ0n) is 13.0. The number of benzene rings is 2. The van der Waals surface area contributed by atoms with Gasteiger partial charge < -0.3 is 0 Å². The third kappa shape index (κ3) is 3.40. The third-order valence-corrected chi connectivity index (χ3v) is 4.52. The van der Waals surface area contributed by atoms with Crippen molar-refractivity contribution in [1.82, 2.24) is 4.90 Å². The van der Waals surface area contributed by atoms with Gasteiger partial charge in [0.05, 0.1) is 12.5 Å². The Bertz CT molecular complexity index is 705. The van der Waals surface area contributed by atoms with Gasteiger partial charge in [0.25, 0.3) is 0 Å². The third-order valence-electron chi connectivity index (χ3n) is 4.52. The van der Waals surface area contributed by atoms with E-state index in [2.05, 4.69) is 4.90 Å². The first kappa shape index (κ1) is 15.6. The molecule has 0 spiro atoms. The molecule has 0 bridgehead atoms. The minimum Gasteiger partial charge on any atom is -0.292 e. The van der Waals surface area contributed by atoms with Crippen molar-refractivity contribution in [2.24, 2.45) is 0 Å². The molecular formula is C18H19FN2O2. The quantitative estimate of drug-likeness (QED) is 0.642. The summed E-state index contributed by atoms with van der Waals surface area (Å²) in [7, 11) is 0. The van der Waals surface area contributed by atoms with Crippen LogP contribution in [0.25, 0.3) is 0 Å². The Morgan fingerprint density at radius 3 is 2.61 bits per heavy atom. The molecule has 1 aliphatic rings. The Hall–Kier alpha value is -2.27. The Morgan fingerprint density at radius 1 is 1.22 bits per heavy atom. The highest BCUT2D eigenvalue weighted by Gasteiger charge is 2.42. The van der Waals surface area contributed by atoms with E-state index in [1.807, 2.05) is 37.3 Å². The van der Waals surface area contributed by atoms with E-state index >= 15 is 0 Å². The van der Waals surface area contributed by atoms with Gasteiger partial charge in [-0.3, -0.25) is 15.0 Å². The Labute approximate surface area is 134 Å². The van der Waals surface area contributed by atoms with Crippen LogP contribution in [0, 0.1) is 22.9 Å². The fourth-order valence-electron chi connectivity index (χ4n) is 3.41. The van der Waals surface area contributed by atoms with Gasteiger partial charge in [-0.2, -0.15) is 0 Å². The molecule has 0 saturated carbocycles. The number of hydrogen-bond donors (Lipinski definition) is 0. The zero-order valence-corrected chi connectivity index (χ0v) is 13.0. The van der Waals surface area contributed by atoms with Gasteiger partial charge >= 0.3 is 0 Å². The van der Waals surface area contributed by atoms with Crippen molar-refractivity contribution in [2.45, 2.75) is 25.4 Å². The van der Waals surface area contributed by atoms with E-state index in [-0.39, 0.29) is 16.7 Å². The minimum absolute atomic E-state index is 0.196. The van der Waals surface area contributed by atoms with Crippen LogP contribution in [0.3, 0.4) is 0 Å². The van der Waals surface area contributed by atoms with Crippen molar-refractivity contribution < 1.29 is 9.31 Å². The van der Waals surface area contributed by atoms with Crippen molar-refractivity contribution in [2.75, 3.05) is 13.1 Å². The second-order valence-corrected chi connectivity index (χ2v) is 6.14. The molecule has 3 rings (SSSR count). The molecule has 0 aliphatic carbocycles. The zero-order chi connectivity index (χ0) is 16.4. The van der Waals surface area contributed by atoms with E-state index < -0.39 is 6.04 Å². The SMILES string of the molecule is Cc1cc(F)ccc1[C@@H]1CN(Cc2ccccc2)C[C@H]1[N+](=O)[O-]. The Kier molecular flexibility index (Phi) is 4.39. The Morgan fingerprint density at radius 2 is 1.96 bits per heavy atom. The molecule has 0 unspecified atom stereocenters. The molecule has 0 radical (unpaired) electrons. The van der Waals surface area contributed by atoms with E-state index in [0.717, 1.165) is 16.7 Å². The summed E-state index contributed by atoms with van der Waals surface area (Å²) in [6.45, 7) is 3.55.